The van der Waals surface area contributed by atoms with Gasteiger partial charge in [0.25, 0.3) is 5.91 Å². The maximum atomic E-state index is 11.6. The van der Waals surface area contributed by atoms with Crippen LogP contribution in [0.2, 0.25) is 5.02 Å². The summed E-state index contributed by atoms with van der Waals surface area (Å²) in [5.74, 6) is 0.643. The number of aromatic hydroxyl groups is 1. The Morgan fingerprint density at radius 3 is 2.87 bits per heavy atom. The van der Waals surface area contributed by atoms with Crippen LogP contribution in [0.1, 0.15) is 5.56 Å². The molecule has 0 unspecified atom stereocenters. The van der Waals surface area contributed by atoms with E-state index in [1.807, 2.05) is 0 Å². The normalized spacial score (nSPS) is 10.5. The van der Waals surface area contributed by atoms with Crippen LogP contribution in [0.5, 0.6) is 17.2 Å². The number of halogens is 1. The van der Waals surface area contributed by atoms with Crippen molar-refractivity contribution in [3.63, 3.8) is 0 Å². The van der Waals surface area contributed by atoms with E-state index in [1.54, 1.807) is 36.4 Å². The zero-order valence-electron chi connectivity index (χ0n) is 12.3. The highest BCUT2D eigenvalue weighted by Gasteiger charge is 2.03. The van der Waals surface area contributed by atoms with Crippen molar-refractivity contribution in [1.29, 1.82) is 0 Å². The van der Waals surface area contributed by atoms with Gasteiger partial charge in [0.1, 0.15) is 17.2 Å². The Kier molecular flexibility index (Phi) is 5.82. The highest BCUT2D eigenvalue weighted by molar-refractivity contribution is 6.30. The maximum absolute atomic E-state index is 11.6. The molecule has 0 bridgehead atoms. The molecule has 0 spiro atoms. The lowest BCUT2D eigenvalue weighted by Crippen LogP contribution is -2.24. The van der Waals surface area contributed by atoms with Crippen LogP contribution < -0.4 is 14.9 Å². The summed E-state index contributed by atoms with van der Waals surface area (Å²) in [5, 5.41) is 14.0. The number of rotatable bonds is 6. The van der Waals surface area contributed by atoms with Gasteiger partial charge >= 0.3 is 0 Å². The quantitative estimate of drug-likeness (QED) is 0.628. The number of phenols is 1. The van der Waals surface area contributed by atoms with Gasteiger partial charge < -0.3 is 14.6 Å². The minimum absolute atomic E-state index is 0.0268. The molecular formula is C16H15ClN2O4. The summed E-state index contributed by atoms with van der Waals surface area (Å²) in [6.07, 6.45) is 1.31. The molecular weight excluding hydrogens is 320 g/mol. The van der Waals surface area contributed by atoms with Crippen molar-refractivity contribution in [3.8, 4) is 17.2 Å². The number of ether oxygens (including phenoxy) is 2. The van der Waals surface area contributed by atoms with Crippen molar-refractivity contribution in [1.82, 2.24) is 5.43 Å². The first-order valence-corrected chi connectivity index (χ1v) is 7.03. The molecule has 0 radical (unpaired) electrons. The SMILES string of the molecule is COc1ccc(O)c(/C=N/NC(=O)COc2cccc(Cl)c2)c1. The summed E-state index contributed by atoms with van der Waals surface area (Å²) in [4.78, 5) is 11.6. The number of amides is 1. The van der Waals surface area contributed by atoms with Crippen LogP contribution in [0.15, 0.2) is 47.6 Å². The number of hydrazone groups is 1. The topological polar surface area (TPSA) is 80.2 Å². The zero-order valence-corrected chi connectivity index (χ0v) is 13.1. The van der Waals surface area contributed by atoms with Crippen LogP contribution in [0.25, 0.3) is 0 Å². The number of carbonyl (C=O) groups is 1. The zero-order chi connectivity index (χ0) is 16.7. The Balaban J connectivity index is 1.86. The number of carbonyl (C=O) groups excluding carboxylic acids is 1. The van der Waals surface area contributed by atoms with Gasteiger partial charge in [-0.05, 0) is 36.4 Å². The Morgan fingerprint density at radius 1 is 1.30 bits per heavy atom. The summed E-state index contributed by atoms with van der Waals surface area (Å²) in [7, 11) is 1.52. The monoisotopic (exact) mass is 334 g/mol. The molecule has 2 rings (SSSR count). The van der Waals surface area contributed by atoms with Crippen molar-refractivity contribution >= 4 is 23.7 Å². The van der Waals surface area contributed by atoms with E-state index in [4.69, 9.17) is 21.1 Å². The first-order chi connectivity index (χ1) is 11.1. The summed E-state index contributed by atoms with van der Waals surface area (Å²) < 4.78 is 10.3. The van der Waals surface area contributed by atoms with Crippen molar-refractivity contribution < 1.29 is 19.4 Å². The van der Waals surface area contributed by atoms with E-state index in [-0.39, 0.29) is 12.4 Å². The minimum Gasteiger partial charge on any atom is -0.507 e. The highest BCUT2D eigenvalue weighted by Crippen LogP contribution is 2.21. The van der Waals surface area contributed by atoms with Gasteiger partial charge in [-0.15, -0.1) is 0 Å². The summed E-state index contributed by atoms with van der Waals surface area (Å²) in [6, 6.07) is 11.4. The predicted molar refractivity (Wildman–Crippen MR) is 87.3 cm³/mol. The molecule has 23 heavy (non-hydrogen) atoms. The molecule has 0 aliphatic carbocycles. The summed E-state index contributed by atoms with van der Waals surface area (Å²) >= 11 is 5.81. The number of nitrogens with one attached hydrogen (secondary N) is 1. The van der Waals surface area contributed by atoms with Crippen LogP contribution in [-0.4, -0.2) is 30.9 Å². The fourth-order valence-corrected chi connectivity index (χ4v) is 1.86. The number of phenolic OH excluding ortho intramolecular Hbond substituents is 1. The molecule has 0 aliphatic heterocycles. The van der Waals surface area contributed by atoms with Crippen molar-refractivity contribution in [2.24, 2.45) is 5.10 Å². The van der Waals surface area contributed by atoms with E-state index in [2.05, 4.69) is 10.5 Å². The number of methoxy groups -OCH3 is 1. The number of hydrogen-bond acceptors (Lipinski definition) is 5. The van der Waals surface area contributed by atoms with Gasteiger partial charge in [-0.1, -0.05) is 17.7 Å². The average Bonchev–Trinajstić information content (AvgIpc) is 2.55. The summed E-state index contributed by atoms with van der Waals surface area (Å²) in [5.41, 5.74) is 2.72. The van der Waals surface area contributed by atoms with Gasteiger partial charge in [-0.25, -0.2) is 5.43 Å². The third kappa shape index (κ3) is 5.19. The fourth-order valence-electron chi connectivity index (χ4n) is 1.67. The molecule has 7 heteroatoms. The smallest absolute Gasteiger partial charge is 0.277 e. The van der Waals surface area contributed by atoms with Crippen molar-refractivity contribution in [3.05, 3.63) is 53.1 Å². The van der Waals surface area contributed by atoms with E-state index in [0.717, 1.165) is 0 Å². The van der Waals surface area contributed by atoms with Gasteiger partial charge in [0.05, 0.1) is 13.3 Å². The van der Waals surface area contributed by atoms with E-state index >= 15 is 0 Å². The molecule has 2 aromatic rings. The second-order valence-corrected chi connectivity index (χ2v) is 4.90. The molecule has 2 N–H and O–H groups in total. The molecule has 2 aromatic carbocycles. The van der Waals surface area contributed by atoms with Crippen molar-refractivity contribution in [2.75, 3.05) is 13.7 Å². The third-order valence-corrected chi connectivity index (χ3v) is 3.03. The predicted octanol–water partition coefficient (Wildman–Crippen LogP) is 2.58. The molecule has 0 heterocycles. The first kappa shape index (κ1) is 16.6. The standard InChI is InChI=1S/C16H15ClN2O4/c1-22-13-5-6-15(20)11(7-13)9-18-19-16(21)10-23-14-4-2-3-12(17)8-14/h2-9,20H,10H2,1H3,(H,19,21)/b18-9+. The van der Waals surface area contributed by atoms with Crippen LogP contribution in [0.4, 0.5) is 0 Å². The molecule has 0 saturated carbocycles. The van der Waals surface area contributed by atoms with Crippen molar-refractivity contribution in [2.45, 2.75) is 0 Å². The molecule has 0 atom stereocenters. The molecule has 6 nitrogen and oxygen atoms in total. The first-order valence-electron chi connectivity index (χ1n) is 6.66. The largest absolute Gasteiger partial charge is 0.507 e. The Bertz CT molecular complexity index is 719. The number of nitrogens with zero attached hydrogens (tertiary/aromatic N) is 1. The van der Waals surface area contributed by atoms with Gasteiger partial charge in [0.15, 0.2) is 6.61 Å². The average molecular weight is 335 g/mol. The number of hydrogen-bond donors (Lipinski definition) is 2. The number of benzene rings is 2. The van der Waals surface area contributed by atoms with E-state index in [9.17, 15) is 9.90 Å². The van der Waals surface area contributed by atoms with E-state index in [1.165, 1.54) is 19.4 Å². The molecule has 1 amide bonds. The van der Waals surface area contributed by atoms with Crippen LogP contribution in [0, 0.1) is 0 Å². The third-order valence-electron chi connectivity index (χ3n) is 2.79. The summed E-state index contributed by atoms with van der Waals surface area (Å²) in [6.45, 7) is -0.207. The highest BCUT2D eigenvalue weighted by atomic mass is 35.5. The van der Waals surface area contributed by atoms with E-state index in [0.29, 0.717) is 22.1 Å². The van der Waals surface area contributed by atoms with Gasteiger partial charge in [0, 0.05) is 10.6 Å². The van der Waals surface area contributed by atoms with Gasteiger partial charge in [-0.3, -0.25) is 4.79 Å². The second-order valence-electron chi connectivity index (χ2n) is 4.46. The Labute approximate surface area is 138 Å². The van der Waals surface area contributed by atoms with Crippen LogP contribution >= 0.6 is 11.6 Å². The maximum Gasteiger partial charge on any atom is 0.277 e. The Morgan fingerprint density at radius 2 is 2.13 bits per heavy atom. The molecule has 0 fully saturated rings. The molecule has 0 aliphatic rings. The second kappa shape index (κ2) is 8.05. The van der Waals surface area contributed by atoms with Crippen LogP contribution in [-0.2, 0) is 4.79 Å². The van der Waals surface area contributed by atoms with Gasteiger partial charge in [-0.2, -0.15) is 5.10 Å². The Hall–Kier alpha value is -2.73. The van der Waals surface area contributed by atoms with E-state index < -0.39 is 5.91 Å². The fraction of sp³-hybridized carbons (Fsp3) is 0.125. The van der Waals surface area contributed by atoms with Crippen LogP contribution in [0.3, 0.4) is 0 Å². The lowest BCUT2D eigenvalue weighted by atomic mass is 10.2. The lowest BCUT2D eigenvalue weighted by Gasteiger charge is -2.05. The lowest BCUT2D eigenvalue weighted by molar-refractivity contribution is -0.123. The minimum atomic E-state index is -0.441. The molecule has 0 saturated heterocycles. The molecule has 0 aromatic heterocycles. The molecule has 120 valence electrons. The van der Waals surface area contributed by atoms with Gasteiger partial charge in [0.2, 0.25) is 0 Å².